The number of aromatic nitrogens is 5. The number of thioether (sulfide) groups is 1. The molecule has 0 saturated heterocycles. The first kappa shape index (κ1) is 26.0. The van der Waals surface area contributed by atoms with Crippen LogP contribution in [-0.2, 0) is 16.0 Å². The molecular formula is C26H29N7O3S. The number of carbonyl (C=O) groups is 2. The predicted molar refractivity (Wildman–Crippen MR) is 143 cm³/mol. The van der Waals surface area contributed by atoms with Crippen molar-refractivity contribution >= 4 is 35.4 Å². The minimum absolute atomic E-state index is 0.145. The van der Waals surface area contributed by atoms with E-state index in [9.17, 15) is 9.59 Å². The number of nitrogens with one attached hydrogen (secondary N) is 1. The lowest BCUT2D eigenvalue weighted by Crippen LogP contribution is -2.29. The molecule has 2 heterocycles. The van der Waals surface area contributed by atoms with Crippen molar-refractivity contribution in [3.63, 3.8) is 0 Å². The summed E-state index contributed by atoms with van der Waals surface area (Å²) in [6, 6.07) is 18.6. The van der Waals surface area contributed by atoms with Gasteiger partial charge in [-0.15, -0.1) is 10.2 Å². The number of rotatable bonds is 11. The number of hydrogen-bond acceptors (Lipinski definition) is 8. The Kier molecular flexibility index (Phi) is 8.57. The molecule has 2 aromatic carbocycles. The Bertz CT molecular complexity index is 1340. The summed E-state index contributed by atoms with van der Waals surface area (Å²) < 4.78 is 8.32. The van der Waals surface area contributed by atoms with Crippen molar-refractivity contribution < 1.29 is 14.3 Å². The van der Waals surface area contributed by atoms with Crippen molar-refractivity contribution in [2.75, 3.05) is 23.4 Å². The van der Waals surface area contributed by atoms with Crippen molar-refractivity contribution in [3.05, 3.63) is 78.0 Å². The Hall–Kier alpha value is -4.12. The van der Waals surface area contributed by atoms with Crippen molar-refractivity contribution in [3.8, 4) is 5.69 Å². The van der Waals surface area contributed by atoms with E-state index in [-0.39, 0.29) is 29.8 Å². The molecule has 0 fully saturated rings. The van der Waals surface area contributed by atoms with Crippen LogP contribution in [0.1, 0.15) is 42.2 Å². The summed E-state index contributed by atoms with van der Waals surface area (Å²) in [7, 11) is 0. The molecule has 192 valence electrons. The fraction of sp³-hybridized carbons (Fsp3) is 0.269. The summed E-state index contributed by atoms with van der Waals surface area (Å²) in [6.45, 7) is 3.79. The number of esters is 1. The van der Waals surface area contributed by atoms with E-state index in [0.29, 0.717) is 17.3 Å². The topological polar surface area (TPSA) is 130 Å². The lowest BCUT2D eigenvalue weighted by molar-refractivity contribution is -0.119. The molecule has 4 aromatic rings. The molecule has 0 spiro atoms. The third-order valence-corrected chi connectivity index (χ3v) is 6.61. The fourth-order valence-corrected chi connectivity index (χ4v) is 4.84. The van der Waals surface area contributed by atoms with Gasteiger partial charge in [0.05, 0.1) is 18.5 Å². The van der Waals surface area contributed by atoms with E-state index in [4.69, 9.17) is 10.5 Å². The van der Waals surface area contributed by atoms with Crippen LogP contribution in [0.4, 0.5) is 11.8 Å². The smallest absolute Gasteiger partial charge is 0.343 e. The summed E-state index contributed by atoms with van der Waals surface area (Å²) in [5.41, 5.74) is 8.20. The second-order valence-electron chi connectivity index (χ2n) is 8.08. The molecule has 0 saturated carbocycles. The molecule has 0 aliphatic rings. The van der Waals surface area contributed by atoms with E-state index in [2.05, 4.69) is 32.7 Å². The zero-order valence-corrected chi connectivity index (χ0v) is 21.5. The Morgan fingerprint density at radius 3 is 2.43 bits per heavy atom. The van der Waals surface area contributed by atoms with Crippen LogP contribution in [-0.4, -0.2) is 48.8 Å². The van der Waals surface area contributed by atoms with Crippen molar-refractivity contribution in [2.45, 2.75) is 37.9 Å². The number of carbonyl (C=O) groups excluding carboxylic acids is 2. The fourth-order valence-electron chi connectivity index (χ4n) is 3.86. The maximum atomic E-state index is 13.6. The van der Waals surface area contributed by atoms with Crippen LogP contribution >= 0.6 is 11.8 Å². The summed E-state index contributed by atoms with van der Waals surface area (Å²) in [6.07, 6.45) is 2.65. The Labute approximate surface area is 219 Å². The first-order chi connectivity index (χ1) is 18.0. The number of nitrogens with two attached hydrogens (primary N) is 1. The molecule has 2 aromatic heterocycles. The molecule has 4 rings (SSSR count). The van der Waals surface area contributed by atoms with E-state index in [1.165, 1.54) is 28.2 Å². The molecule has 0 bridgehead atoms. The Balaban J connectivity index is 1.59. The van der Waals surface area contributed by atoms with Gasteiger partial charge in [0.25, 0.3) is 0 Å². The molecule has 0 radical (unpaired) electrons. The zero-order chi connectivity index (χ0) is 26.2. The van der Waals surface area contributed by atoms with Gasteiger partial charge in [-0.25, -0.2) is 9.48 Å². The van der Waals surface area contributed by atoms with E-state index >= 15 is 0 Å². The second-order valence-corrected chi connectivity index (χ2v) is 9.14. The molecule has 10 nitrogen and oxygen atoms in total. The van der Waals surface area contributed by atoms with Gasteiger partial charge < -0.3 is 15.8 Å². The average molecular weight is 520 g/mol. The molecule has 3 N–H and O–H groups in total. The Morgan fingerprint density at radius 1 is 1.05 bits per heavy atom. The normalized spacial score (nSPS) is 11.7. The summed E-state index contributed by atoms with van der Waals surface area (Å²) in [5.74, 6) is 0.161. The number of benzene rings is 2. The number of para-hydroxylation sites is 1. The van der Waals surface area contributed by atoms with Gasteiger partial charge in [-0.05, 0) is 37.5 Å². The average Bonchev–Trinajstić information content (AvgIpc) is 3.49. The predicted octanol–water partition coefficient (Wildman–Crippen LogP) is 4.15. The van der Waals surface area contributed by atoms with Gasteiger partial charge in [-0.2, -0.15) is 5.10 Å². The van der Waals surface area contributed by atoms with Gasteiger partial charge in [0.2, 0.25) is 11.9 Å². The molecule has 0 aliphatic carbocycles. The van der Waals surface area contributed by atoms with Gasteiger partial charge in [0, 0.05) is 5.75 Å². The van der Waals surface area contributed by atoms with Gasteiger partial charge >= 0.3 is 5.97 Å². The second kappa shape index (κ2) is 12.2. The zero-order valence-electron chi connectivity index (χ0n) is 20.7. The lowest BCUT2D eigenvalue weighted by atomic mass is 10.2. The molecular weight excluding hydrogens is 490 g/mol. The lowest BCUT2D eigenvalue weighted by Gasteiger charge is -2.20. The molecule has 1 unspecified atom stereocenters. The number of amides is 1. The summed E-state index contributed by atoms with van der Waals surface area (Å²) >= 11 is 1.48. The van der Waals surface area contributed by atoms with Gasteiger partial charge in [0.1, 0.15) is 11.6 Å². The summed E-state index contributed by atoms with van der Waals surface area (Å²) in [5, 5.41) is 16.0. The standard InChI is InChI=1S/C26H29N7O3S/c1-3-21(32-25(27)30-31-26(32)37-16-15-18-11-7-5-8-12-18)23(34)29-22-20(24(35)36-4-2)17-28-33(22)19-13-9-6-10-14-19/h5-14,17,21H,3-4,15-16H2,1-2H3,(H2,27,30)(H,29,34). The largest absolute Gasteiger partial charge is 0.462 e. The number of aryl methyl sites for hydroxylation is 1. The van der Waals surface area contributed by atoms with Crippen LogP contribution in [0.3, 0.4) is 0 Å². The van der Waals surface area contributed by atoms with Gasteiger partial charge in [-0.1, -0.05) is 67.2 Å². The molecule has 1 atom stereocenters. The SMILES string of the molecule is CCOC(=O)c1cnn(-c2ccccc2)c1NC(=O)C(CC)n1c(N)nnc1SCCc1ccccc1. The maximum absolute atomic E-state index is 13.6. The van der Waals surface area contributed by atoms with Crippen LogP contribution in [0, 0.1) is 0 Å². The molecule has 11 heteroatoms. The first-order valence-corrected chi connectivity index (χ1v) is 13.0. The quantitative estimate of drug-likeness (QED) is 0.223. The van der Waals surface area contributed by atoms with E-state index in [1.807, 2.05) is 55.5 Å². The minimum Gasteiger partial charge on any atom is -0.462 e. The van der Waals surface area contributed by atoms with E-state index < -0.39 is 12.0 Å². The van der Waals surface area contributed by atoms with Crippen LogP contribution < -0.4 is 11.1 Å². The monoisotopic (exact) mass is 519 g/mol. The number of hydrogen-bond donors (Lipinski definition) is 2. The Morgan fingerprint density at radius 2 is 1.76 bits per heavy atom. The van der Waals surface area contributed by atoms with Crippen LogP contribution in [0.2, 0.25) is 0 Å². The highest BCUT2D eigenvalue weighted by molar-refractivity contribution is 7.99. The third kappa shape index (κ3) is 6.00. The van der Waals surface area contributed by atoms with Gasteiger partial charge in [0.15, 0.2) is 11.0 Å². The molecule has 1 amide bonds. The number of nitrogens with zero attached hydrogens (tertiary/aromatic N) is 5. The van der Waals surface area contributed by atoms with E-state index in [1.54, 1.807) is 11.5 Å². The number of nitrogen functional groups attached to an aromatic ring is 1. The highest BCUT2D eigenvalue weighted by atomic mass is 32.2. The van der Waals surface area contributed by atoms with Gasteiger partial charge in [-0.3, -0.25) is 9.36 Å². The van der Waals surface area contributed by atoms with Crippen LogP contribution in [0.25, 0.3) is 5.69 Å². The number of anilines is 2. The minimum atomic E-state index is -0.705. The first-order valence-electron chi connectivity index (χ1n) is 12.0. The van der Waals surface area contributed by atoms with E-state index in [0.717, 1.165) is 12.2 Å². The highest BCUT2D eigenvalue weighted by Gasteiger charge is 2.28. The number of ether oxygens (including phenoxy) is 1. The van der Waals surface area contributed by atoms with Crippen molar-refractivity contribution in [2.24, 2.45) is 0 Å². The van der Waals surface area contributed by atoms with Crippen LogP contribution in [0.15, 0.2) is 72.0 Å². The highest BCUT2D eigenvalue weighted by Crippen LogP contribution is 2.28. The molecule has 37 heavy (non-hydrogen) atoms. The van der Waals surface area contributed by atoms with Crippen molar-refractivity contribution in [1.82, 2.24) is 24.5 Å². The third-order valence-electron chi connectivity index (χ3n) is 5.66. The van der Waals surface area contributed by atoms with Crippen molar-refractivity contribution in [1.29, 1.82) is 0 Å². The summed E-state index contributed by atoms with van der Waals surface area (Å²) in [4.78, 5) is 26.2. The van der Waals surface area contributed by atoms with Crippen LogP contribution in [0.5, 0.6) is 0 Å². The maximum Gasteiger partial charge on any atom is 0.343 e. The molecule has 0 aliphatic heterocycles.